The minimum absolute atomic E-state index is 0.145. The van der Waals surface area contributed by atoms with Crippen LogP contribution in [0.1, 0.15) is 91.9 Å². The van der Waals surface area contributed by atoms with Crippen LogP contribution in [0.5, 0.6) is 0 Å². The molecule has 71 heavy (non-hydrogen) atoms. The molecule has 0 bridgehead atoms. The van der Waals surface area contributed by atoms with Crippen molar-refractivity contribution in [2.75, 3.05) is 33.0 Å². The Hall–Kier alpha value is -0.840. The van der Waals surface area contributed by atoms with E-state index in [1.54, 1.807) is 0 Å². The molecule has 6 saturated heterocycles. The number of rotatable bonds is 11. The maximum Gasteiger partial charge on any atom is 0.187 e. The van der Waals surface area contributed by atoms with Gasteiger partial charge in [-0.15, -0.1) is 0 Å². The highest BCUT2D eigenvalue weighted by Crippen LogP contribution is 2.71. The van der Waals surface area contributed by atoms with Gasteiger partial charge in [0.05, 0.1) is 32.5 Å². The third-order valence-electron chi connectivity index (χ3n) is 20.4. The lowest BCUT2D eigenvalue weighted by Crippen LogP contribution is -2.68. The fraction of sp³-hybridized carbons (Fsp3) is 1.00. The molecular weight excluding hydrogens is 935 g/mol. The average molecular weight is 1020 g/mol. The molecule has 0 aromatic rings. The van der Waals surface area contributed by atoms with Gasteiger partial charge in [0.1, 0.15) is 91.6 Å². The summed E-state index contributed by atoms with van der Waals surface area (Å²) in [5.41, 5.74) is 0.517. The Morgan fingerprint density at radius 1 is 0.521 bits per heavy atom. The second-order valence-corrected chi connectivity index (χ2v) is 24.0. The molecule has 408 valence electrons. The normalized spacial score (nSPS) is 57.5. The molecule has 10 fully saturated rings. The second-order valence-electron chi connectivity index (χ2n) is 24.0. The summed E-state index contributed by atoms with van der Waals surface area (Å²) in [5, 5.41) is 129. The monoisotopic (exact) mass is 1020 g/mol. The zero-order valence-electron chi connectivity index (χ0n) is 41.4. The Morgan fingerprint density at radius 2 is 1.14 bits per heavy atom. The summed E-state index contributed by atoms with van der Waals surface area (Å²) >= 11 is 0. The van der Waals surface area contributed by atoms with Crippen LogP contribution in [-0.2, 0) is 37.9 Å². The molecule has 4 saturated carbocycles. The lowest BCUT2D eigenvalue weighted by Gasteiger charge is -2.61. The van der Waals surface area contributed by atoms with E-state index < -0.39 is 143 Å². The molecule has 0 spiro atoms. The van der Waals surface area contributed by atoms with Crippen molar-refractivity contribution >= 4 is 0 Å². The van der Waals surface area contributed by atoms with Gasteiger partial charge in [0.25, 0.3) is 0 Å². The van der Waals surface area contributed by atoms with Crippen molar-refractivity contribution in [3.63, 3.8) is 0 Å². The van der Waals surface area contributed by atoms with E-state index in [0.29, 0.717) is 29.2 Å². The van der Waals surface area contributed by atoms with Crippen molar-refractivity contribution in [1.82, 2.24) is 4.90 Å². The van der Waals surface area contributed by atoms with Gasteiger partial charge in [0.15, 0.2) is 25.2 Å². The van der Waals surface area contributed by atoms with Crippen LogP contribution < -0.4 is 0 Å². The molecule has 4 aliphatic carbocycles. The number of fused-ring (bicyclic) bond motifs is 9. The summed E-state index contributed by atoms with van der Waals surface area (Å²) in [4.78, 5) is 2.94. The van der Waals surface area contributed by atoms with Gasteiger partial charge in [0.2, 0.25) is 0 Å². The summed E-state index contributed by atoms with van der Waals surface area (Å²) < 4.78 is 48.0. The molecule has 6 heterocycles. The SMILES string of the molecule is C[C@@H]1CC[C@@H]2[C@H](C)[C@@H]3[C@@H](C[C@H]4[C@@H]5CC[C@H]6C[C@@H](O[C@H]7O[C@@H](CO)[C@H](O[C@H]8O[C@@H](CO)[C@H](O)[C@@H](O[C@H]9OC[C@H](O)[C@@H](O)[C@@H]9O)[C@@H]8O[C@H]8O[C@@H](CO)[C@H](O)[C@@H](O)[C@@H]8O)[C@@H](O)[C@@H]7O)CC[C@]6(C)[C@H]5CC[C@@]34C)N2C1. The van der Waals surface area contributed by atoms with E-state index in [0.717, 1.165) is 55.4 Å². The smallest absolute Gasteiger partial charge is 0.187 e. The van der Waals surface area contributed by atoms with Crippen molar-refractivity contribution in [2.45, 2.75) is 227 Å². The van der Waals surface area contributed by atoms with Crippen molar-refractivity contribution in [3.05, 3.63) is 0 Å². The molecule has 31 atom stereocenters. The molecule has 10 rings (SSSR count). The largest absolute Gasteiger partial charge is 0.394 e. The molecule has 0 amide bonds. The van der Waals surface area contributed by atoms with Crippen LogP contribution in [0, 0.1) is 52.3 Å². The molecule has 0 radical (unpaired) electrons. The maximum absolute atomic E-state index is 11.8. The number of nitrogens with zero attached hydrogens (tertiary/aromatic N) is 1. The number of aliphatic hydroxyl groups excluding tert-OH is 12. The summed E-state index contributed by atoms with van der Waals surface area (Å²) in [6.07, 6.45) is -21.7. The molecule has 21 nitrogen and oxygen atoms in total. The molecular formula is C50H83NO20. The molecule has 0 aromatic carbocycles. The lowest BCUT2D eigenvalue weighted by molar-refractivity contribution is -0.404. The zero-order chi connectivity index (χ0) is 50.6. The third kappa shape index (κ3) is 9.20. The minimum Gasteiger partial charge on any atom is -0.394 e. The van der Waals surface area contributed by atoms with Gasteiger partial charge in [0, 0.05) is 18.6 Å². The van der Waals surface area contributed by atoms with E-state index in [-0.39, 0.29) is 11.5 Å². The fourth-order valence-corrected chi connectivity index (χ4v) is 16.6. The topological polar surface area (TPSA) is 320 Å². The van der Waals surface area contributed by atoms with Crippen LogP contribution in [-0.4, -0.2) is 234 Å². The first-order chi connectivity index (χ1) is 33.8. The van der Waals surface area contributed by atoms with Crippen molar-refractivity contribution in [2.24, 2.45) is 52.3 Å². The highest BCUT2D eigenvalue weighted by Gasteiger charge is 2.67. The van der Waals surface area contributed by atoms with E-state index in [1.807, 2.05) is 0 Å². The van der Waals surface area contributed by atoms with Crippen LogP contribution in [0.15, 0.2) is 0 Å². The van der Waals surface area contributed by atoms with Crippen LogP contribution in [0.2, 0.25) is 0 Å². The van der Waals surface area contributed by atoms with E-state index in [1.165, 1.54) is 45.1 Å². The Kier molecular flexibility index (Phi) is 15.7. The Labute approximate surface area is 415 Å². The van der Waals surface area contributed by atoms with Gasteiger partial charge in [-0.05, 0) is 116 Å². The van der Waals surface area contributed by atoms with E-state index >= 15 is 0 Å². The van der Waals surface area contributed by atoms with Crippen molar-refractivity contribution < 1.29 is 99.2 Å². The van der Waals surface area contributed by atoms with Gasteiger partial charge in [-0.3, -0.25) is 4.90 Å². The predicted octanol–water partition coefficient (Wildman–Crippen LogP) is -2.33. The molecule has 12 N–H and O–H groups in total. The second kappa shape index (κ2) is 20.8. The fourth-order valence-electron chi connectivity index (χ4n) is 16.6. The molecule has 21 heteroatoms. The Bertz CT molecular complexity index is 1810. The minimum atomic E-state index is -1.99. The van der Waals surface area contributed by atoms with Crippen molar-refractivity contribution in [1.29, 1.82) is 0 Å². The Morgan fingerprint density at radius 3 is 1.87 bits per heavy atom. The number of piperidine rings is 1. The van der Waals surface area contributed by atoms with Crippen LogP contribution in [0.4, 0.5) is 0 Å². The van der Waals surface area contributed by atoms with Crippen molar-refractivity contribution in [3.8, 4) is 0 Å². The first kappa shape index (κ1) is 53.6. The molecule has 6 aliphatic heterocycles. The number of ether oxygens (including phenoxy) is 8. The average Bonchev–Trinajstić information content (AvgIpc) is 3.83. The third-order valence-corrected chi connectivity index (χ3v) is 20.4. The quantitative estimate of drug-likeness (QED) is 0.0966. The Balaban J connectivity index is 0.821. The summed E-state index contributed by atoms with van der Waals surface area (Å²) in [6, 6.07) is 1.44. The summed E-state index contributed by atoms with van der Waals surface area (Å²) in [6.45, 7) is 8.43. The van der Waals surface area contributed by atoms with Crippen LogP contribution >= 0.6 is 0 Å². The van der Waals surface area contributed by atoms with Crippen LogP contribution in [0.3, 0.4) is 0 Å². The van der Waals surface area contributed by atoms with Gasteiger partial charge >= 0.3 is 0 Å². The van der Waals surface area contributed by atoms with E-state index in [4.69, 9.17) is 37.9 Å². The van der Waals surface area contributed by atoms with E-state index in [9.17, 15) is 61.3 Å². The first-order valence-electron chi connectivity index (χ1n) is 26.7. The molecule has 0 aromatic heterocycles. The predicted molar refractivity (Wildman–Crippen MR) is 243 cm³/mol. The number of hydrogen-bond acceptors (Lipinski definition) is 21. The van der Waals surface area contributed by atoms with E-state index in [2.05, 4.69) is 32.6 Å². The standard InChI is InChI=1S/C50H83NO20/c1-20-5-8-27-21(2)33-28(51(27)15-20)14-26-24-7-6-22-13-23(9-11-49(22,3)25(24)10-12-50(26,33)4)65-46-41(63)38(60)42(32(18-54)68-46)69-48-44(71-47-40(62)37(59)35(57)30(16-52)66-47)43(36(58)31(17-53)67-48)70-45-39(61)34(56)29(55)19-64-45/h20-48,52-63H,5-19H2,1-4H3/t20-,21+,22+,23+,24-,25+,26+,27-,28-,29+,30+,31+,32+,33-,34-,35+,36+,37-,38+,39+,40+,41+,42+,43-,44+,45-,46+,47-,48-,49+,50-/m1/s1. The molecule has 10 aliphatic rings. The summed E-state index contributed by atoms with van der Waals surface area (Å²) in [5.74, 6) is 4.74. The van der Waals surface area contributed by atoms with Gasteiger partial charge < -0.3 is 99.2 Å². The van der Waals surface area contributed by atoms with Gasteiger partial charge in [-0.25, -0.2) is 0 Å². The zero-order valence-corrected chi connectivity index (χ0v) is 41.4. The number of hydrogen-bond donors (Lipinski definition) is 12. The van der Waals surface area contributed by atoms with Gasteiger partial charge in [-0.1, -0.05) is 27.7 Å². The van der Waals surface area contributed by atoms with Crippen LogP contribution in [0.25, 0.3) is 0 Å². The number of aliphatic hydroxyl groups is 12. The highest BCUT2D eigenvalue weighted by molar-refractivity contribution is 5.17. The highest BCUT2D eigenvalue weighted by atomic mass is 16.8. The lowest BCUT2D eigenvalue weighted by atomic mass is 9.44. The molecule has 0 unspecified atom stereocenters. The maximum atomic E-state index is 11.8. The van der Waals surface area contributed by atoms with Gasteiger partial charge in [-0.2, -0.15) is 0 Å². The summed E-state index contributed by atoms with van der Waals surface area (Å²) in [7, 11) is 0. The first-order valence-corrected chi connectivity index (χ1v) is 26.7.